The van der Waals surface area contributed by atoms with Gasteiger partial charge in [-0.05, 0) is 111 Å². The summed E-state index contributed by atoms with van der Waals surface area (Å²) in [6, 6.07) is 39.7. The quantitative estimate of drug-likeness (QED) is 0.146. The second kappa shape index (κ2) is 15.0. The molecule has 0 saturated carbocycles. The molecular formula is C51H46S. The van der Waals surface area contributed by atoms with Crippen LogP contribution in [0.25, 0.3) is 58.4 Å². The molecule has 1 heterocycles. The molecule has 0 unspecified atom stereocenters. The third kappa shape index (κ3) is 6.54. The average Bonchev–Trinajstić information content (AvgIpc) is 3.62. The highest BCUT2D eigenvalue weighted by Crippen LogP contribution is 2.53. The van der Waals surface area contributed by atoms with E-state index in [9.17, 15) is 0 Å². The van der Waals surface area contributed by atoms with Gasteiger partial charge in [-0.1, -0.05) is 166 Å². The van der Waals surface area contributed by atoms with Gasteiger partial charge in [0.15, 0.2) is 0 Å². The van der Waals surface area contributed by atoms with E-state index in [1.807, 2.05) is 18.3 Å². The predicted molar refractivity (Wildman–Crippen MR) is 234 cm³/mol. The highest BCUT2D eigenvalue weighted by Gasteiger charge is 2.38. The Morgan fingerprint density at radius 3 is 2.13 bits per heavy atom. The van der Waals surface area contributed by atoms with E-state index in [1.54, 1.807) is 0 Å². The van der Waals surface area contributed by atoms with Gasteiger partial charge in [0.25, 0.3) is 0 Å². The van der Waals surface area contributed by atoms with Crippen LogP contribution in [-0.4, -0.2) is 0 Å². The molecule has 0 fully saturated rings. The van der Waals surface area contributed by atoms with Crippen molar-refractivity contribution in [2.75, 3.05) is 0 Å². The Hall–Kier alpha value is -5.50. The molecule has 0 amide bonds. The largest absolute Gasteiger partial charge is 0.135 e. The fourth-order valence-corrected chi connectivity index (χ4v) is 8.96. The first kappa shape index (κ1) is 34.9. The van der Waals surface area contributed by atoms with Crippen LogP contribution in [0.15, 0.2) is 176 Å². The van der Waals surface area contributed by atoms with Crippen LogP contribution < -0.4 is 0 Å². The first-order chi connectivity index (χ1) is 25.3. The van der Waals surface area contributed by atoms with Crippen LogP contribution in [0.5, 0.6) is 0 Å². The van der Waals surface area contributed by atoms with Gasteiger partial charge in [0.05, 0.1) is 0 Å². The number of benzene rings is 4. The van der Waals surface area contributed by atoms with Gasteiger partial charge in [-0.25, -0.2) is 0 Å². The zero-order valence-electron chi connectivity index (χ0n) is 30.9. The number of rotatable bonds is 7. The van der Waals surface area contributed by atoms with Gasteiger partial charge >= 0.3 is 0 Å². The molecule has 1 aliphatic carbocycles. The Labute approximate surface area is 313 Å². The minimum atomic E-state index is -0.0586. The van der Waals surface area contributed by atoms with Gasteiger partial charge in [-0.2, -0.15) is 0 Å². The van der Waals surface area contributed by atoms with Crippen molar-refractivity contribution in [1.29, 1.82) is 0 Å². The van der Waals surface area contributed by atoms with Crippen molar-refractivity contribution in [2.45, 2.75) is 46.5 Å². The molecule has 1 aromatic heterocycles. The zero-order chi connectivity index (χ0) is 36.2. The highest BCUT2D eigenvalue weighted by atomic mass is 32.1. The molecule has 0 radical (unpaired) electrons. The summed E-state index contributed by atoms with van der Waals surface area (Å²) in [4.78, 5) is 0. The summed E-state index contributed by atoms with van der Waals surface area (Å²) in [7, 11) is 0. The topological polar surface area (TPSA) is 0 Å². The number of hydrogen-bond donors (Lipinski definition) is 0. The molecule has 1 aliphatic rings. The van der Waals surface area contributed by atoms with E-state index in [4.69, 9.17) is 0 Å². The third-order valence-corrected chi connectivity index (χ3v) is 11.5. The van der Waals surface area contributed by atoms with E-state index >= 15 is 0 Å². The molecule has 0 saturated heterocycles. The second-order valence-electron chi connectivity index (χ2n) is 14.0. The standard InChI is InChI=1S/C51H46S/c1-7-9-22-35(3)38-24-15-12-13-16-25-39(41-27-19-18-26-40(38)41)36(4)23-14-10-11-17-29-43-46(8-2)51(5,6)47-32-31-37-33-49-45(34-44(37)50(43)47)42-28-20-21-30-48(42)52-49/h7-16,18-34H,4,17H2,1-3,5-6H3/b9-7-,11-10+,13-12?,15-12?,16-13?,23-14-,24-15?,25-16?,35-22+,38-24?,39-25?,40-38?,41-39?,43-29+,46-8+. The number of hydrogen-bond acceptors (Lipinski definition) is 1. The van der Waals surface area contributed by atoms with Crippen LogP contribution in [-0.2, 0) is 5.41 Å². The van der Waals surface area contributed by atoms with Crippen molar-refractivity contribution in [2.24, 2.45) is 0 Å². The Balaban J connectivity index is 1.22. The van der Waals surface area contributed by atoms with Crippen molar-refractivity contribution in [3.05, 3.63) is 198 Å². The van der Waals surface area contributed by atoms with Crippen molar-refractivity contribution >= 4 is 69.8 Å². The van der Waals surface area contributed by atoms with Crippen molar-refractivity contribution in [1.82, 2.24) is 0 Å². The molecule has 7 rings (SSSR count). The molecule has 0 atom stereocenters. The van der Waals surface area contributed by atoms with Gasteiger partial charge < -0.3 is 0 Å². The first-order valence-electron chi connectivity index (χ1n) is 18.3. The summed E-state index contributed by atoms with van der Waals surface area (Å²) in [5.74, 6) is 0. The number of allylic oxidation sites excluding steroid dienone is 13. The summed E-state index contributed by atoms with van der Waals surface area (Å²) in [5, 5.41) is 7.72. The van der Waals surface area contributed by atoms with E-state index in [0.717, 1.165) is 17.6 Å². The fraction of sp³-hybridized carbons (Fsp3) is 0.137. The molecule has 0 aliphatic heterocycles. The van der Waals surface area contributed by atoms with Crippen molar-refractivity contribution in [3.8, 4) is 0 Å². The SMILES string of the molecule is C=C(/C=C\C=C\C/C=C1\C(=C/C)C(C)(C)c2ccc3cc4sc5ccccc5c4cc3c21)c1ccccccc(/C(C)=C/C=C\C)c2ccccc12. The molecule has 52 heavy (non-hydrogen) atoms. The Morgan fingerprint density at radius 1 is 0.692 bits per heavy atom. The minimum absolute atomic E-state index is 0.0586. The average molecular weight is 691 g/mol. The van der Waals surface area contributed by atoms with Crippen molar-refractivity contribution < 1.29 is 0 Å². The third-order valence-electron chi connectivity index (χ3n) is 10.4. The Kier molecular flexibility index (Phi) is 10.1. The monoisotopic (exact) mass is 690 g/mol. The normalized spacial score (nSPS) is 16.1. The summed E-state index contributed by atoms with van der Waals surface area (Å²) < 4.78 is 2.70. The zero-order valence-corrected chi connectivity index (χ0v) is 31.7. The maximum absolute atomic E-state index is 4.53. The second-order valence-corrected chi connectivity index (χ2v) is 15.1. The predicted octanol–water partition coefficient (Wildman–Crippen LogP) is 15.3. The van der Waals surface area contributed by atoms with Crippen LogP contribution in [0.4, 0.5) is 0 Å². The van der Waals surface area contributed by atoms with Crippen LogP contribution in [0.3, 0.4) is 0 Å². The lowest BCUT2D eigenvalue weighted by atomic mass is 9.82. The maximum Gasteiger partial charge on any atom is 0.0361 e. The number of fused-ring (bicyclic) bond motifs is 7. The summed E-state index contributed by atoms with van der Waals surface area (Å²) in [5.41, 5.74) is 10.00. The summed E-state index contributed by atoms with van der Waals surface area (Å²) in [6.07, 6.45) is 20.6. The molecule has 6 aromatic rings. The van der Waals surface area contributed by atoms with E-state index in [0.29, 0.717) is 0 Å². The van der Waals surface area contributed by atoms with E-state index in [2.05, 4.69) is 198 Å². The van der Waals surface area contributed by atoms with Crippen LogP contribution in [0.2, 0.25) is 0 Å². The van der Waals surface area contributed by atoms with E-state index in [-0.39, 0.29) is 5.41 Å². The summed E-state index contributed by atoms with van der Waals surface area (Å²) in [6.45, 7) is 15.7. The van der Waals surface area contributed by atoms with Crippen LogP contribution in [0.1, 0.15) is 63.3 Å². The molecular weight excluding hydrogens is 645 g/mol. The van der Waals surface area contributed by atoms with E-state index < -0.39 is 0 Å². The van der Waals surface area contributed by atoms with Crippen molar-refractivity contribution in [3.63, 3.8) is 0 Å². The minimum Gasteiger partial charge on any atom is -0.135 e. The van der Waals surface area contributed by atoms with Crippen LogP contribution in [0, 0.1) is 0 Å². The molecule has 0 bridgehead atoms. The number of thiophene rings is 1. The maximum atomic E-state index is 4.53. The van der Waals surface area contributed by atoms with Gasteiger partial charge in [-0.3, -0.25) is 0 Å². The molecule has 1 heteroatoms. The van der Waals surface area contributed by atoms with Crippen LogP contribution >= 0.6 is 11.3 Å². The molecule has 0 spiro atoms. The molecule has 0 N–H and O–H groups in total. The van der Waals surface area contributed by atoms with E-state index in [1.165, 1.54) is 75.1 Å². The smallest absolute Gasteiger partial charge is 0.0361 e. The lowest BCUT2D eigenvalue weighted by Gasteiger charge is -2.21. The van der Waals surface area contributed by atoms with Gasteiger partial charge in [0, 0.05) is 25.6 Å². The molecule has 5 aromatic carbocycles. The molecule has 256 valence electrons. The fourth-order valence-electron chi connectivity index (χ4n) is 7.82. The first-order valence-corrected chi connectivity index (χ1v) is 19.1. The summed E-state index contributed by atoms with van der Waals surface area (Å²) >= 11 is 1.89. The van der Waals surface area contributed by atoms with Gasteiger partial charge in [0.1, 0.15) is 0 Å². The van der Waals surface area contributed by atoms with Gasteiger partial charge in [-0.15, -0.1) is 11.3 Å². The Morgan fingerprint density at radius 2 is 1.38 bits per heavy atom. The lowest BCUT2D eigenvalue weighted by molar-refractivity contribution is 0.660. The van der Waals surface area contributed by atoms with Gasteiger partial charge in [0.2, 0.25) is 0 Å². The highest BCUT2D eigenvalue weighted by molar-refractivity contribution is 7.25. The lowest BCUT2D eigenvalue weighted by Crippen LogP contribution is -2.14. The molecule has 0 nitrogen and oxygen atoms in total. The Bertz CT molecular complexity index is 2600.